The normalized spacial score (nSPS) is 13.9. The van der Waals surface area contributed by atoms with Gasteiger partial charge in [-0.1, -0.05) is 24.3 Å². The van der Waals surface area contributed by atoms with Crippen LogP contribution < -0.4 is 10.6 Å². The van der Waals surface area contributed by atoms with Crippen molar-refractivity contribution in [3.63, 3.8) is 0 Å². The van der Waals surface area contributed by atoms with Gasteiger partial charge in [0.2, 0.25) is 5.89 Å². The molecular formula is C16H15N3O. The Bertz CT molecular complexity index is 778. The fourth-order valence-electron chi connectivity index (χ4n) is 2.82. The molecule has 4 nitrogen and oxygen atoms in total. The Morgan fingerprint density at radius 3 is 2.95 bits per heavy atom. The van der Waals surface area contributed by atoms with Gasteiger partial charge >= 0.3 is 0 Å². The standard InChI is InChI=1S/C16H15N3O/c17-12-5-3-7-14-16(12)18-15(20-14)10-19-9-8-11-4-1-2-6-13(11)19/h1-7H,8-10,17H2. The van der Waals surface area contributed by atoms with Crippen LogP contribution >= 0.6 is 0 Å². The fourth-order valence-corrected chi connectivity index (χ4v) is 2.82. The van der Waals surface area contributed by atoms with Crippen LogP contribution in [0.2, 0.25) is 0 Å². The van der Waals surface area contributed by atoms with Crippen LogP contribution in [0.15, 0.2) is 46.9 Å². The lowest BCUT2D eigenvalue weighted by atomic mass is 10.2. The average Bonchev–Trinajstić information content (AvgIpc) is 3.05. The Labute approximate surface area is 116 Å². The summed E-state index contributed by atoms with van der Waals surface area (Å²) in [6, 6.07) is 14.1. The van der Waals surface area contributed by atoms with E-state index in [1.807, 2.05) is 18.2 Å². The molecule has 0 fully saturated rings. The summed E-state index contributed by atoms with van der Waals surface area (Å²) in [7, 11) is 0. The highest BCUT2D eigenvalue weighted by atomic mass is 16.3. The summed E-state index contributed by atoms with van der Waals surface area (Å²) >= 11 is 0. The number of fused-ring (bicyclic) bond motifs is 2. The van der Waals surface area contributed by atoms with Crippen molar-refractivity contribution >= 4 is 22.5 Å². The number of nitrogens with two attached hydrogens (primary N) is 1. The molecule has 1 aromatic heterocycles. The molecule has 0 atom stereocenters. The molecule has 2 aromatic carbocycles. The number of benzene rings is 2. The zero-order valence-corrected chi connectivity index (χ0v) is 11.0. The number of hydrogen-bond donors (Lipinski definition) is 1. The number of nitrogens with zero attached hydrogens (tertiary/aromatic N) is 2. The molecule has 0 unspecified atom stereocenters. The van der Waals surface area contributed by atoms with Crippen molar-refractivity contribution < 1.29 is 4.42 Å². The zero-order valence-electron chi connectivity index (χ0n) is 11.0. The molecule has 0 radical (unpaired) electrons. The predicted octanol–water partition coefficient (Wildman–Crippen LogP) is 2.97. The van der Waals surface area contributed by atoms with Crippen molar-refractivity contribution in [2.24, 2.45) is 0 Å². The highest BCUT2D eigenvalue weighted by Crippen LogP contribution is 2.29. The van der Waals surface area contributed by atoms with Gasteiger partial charge in [0.05, 0.1) is 12.2 Å². The Hall–Kier alpha value is -2.49. The molecule has 1 aliphatic heterocycles. The first-order valence-corrected chi connectivity index (χ1v) is 6.78. The maximum Gasteiger partial charge on any atom is 0.215 e. The third kappa shape index (κ3) is 1.72. The molecule has 0 saturated carbocycles. The lowest BCUT2D eigenvalue weighted by Crippen LogP contribution is -2.19. The second kappa shape index (κ2) is 4.27. The van der Waals surface area contributed by atoms with Crippen molar-refractivity contribution in [1.82, 2.24) is 4.98 Å². The van der Waals surface area contributed by atoms with Gasteiger partial charge in [0, 0.05) is 12.2 Å². The highest BCUT2D eigenvalue weighted by molar-refractivity contribution is 5.85. The largest absolute Gasteiger partial charge is 0.439 e. The van der Waals surface area contributed by atoms with Gasteiger partial charge < -0.3 is 15.1 Å². The van der Waals surface area contributed by atoms with Gasteiger partial charge in [-0.25, -0.2) is 4.98 Å². The second-order valence-corrected chi connectivity index (χ2v) is 5.10. The molecule has 2 N–H and O–H groups in total. The summed E-state index contributed by atoms with van der Waals surface area (Å²) in [5.74, 6) is 0.717. The van der Waals surface area contributed by atoms with Crippen molar-refractivity contribution in [3.05, 3.63) is 53.9 Å². The molecule has 2 heterocycles. The molecule has 100 valence electrons. The molecule has 1 aliphatic rings. The first kappa shape index (κ1) is 11.3. The molecule has 0 aliphatic carbocycles. The van der Waals surface area contributed by atoms with E-state index in [-0.39, 0.29) is 0 Å². The third-order valence-electron chi connectivity index (χ3n) is 3.80. The number of para-hydroxylation sites is 2. The maximum absolute atomic E-state index is 5.92. The lowest BCUT2D eigenvalue weighted by Gasteiger charge is -2.16. The van der Waals surface area contributed by atoms with E-state index in [0.29, 0.717) is 12.2 Å². The van der Waals surface area contributed by atoms with E-state index >= 15 is 0 Å². The van der Waals surface area contributed by atoms with Crippen LogP contribution in [0.25, 0.3) is 11.1 Å². The van der Waals surface area contributed by atoms with E-state index in [2.05, 4.69) is 34.1 Å². The summed E-state index contributed by atoms with van der Waals surface area (Å²) in [5.41, 5.74) is 10.8. The number of nitrogen functional groups attached to an aromatic ring is 1. The van der Waals surface area contributed by atoms with Gasteiger partial charge in [-0.15, -0.1) is 0 Å². The molecule has 3 aromatic rings. The predicted molar refractivity (Wildman–Crippen MR) is 79.6 cm³/mol. The quantitative estimate of drug-likeness (QED) is 0.724. The van der Waals surface area contributed by atoms with Crippen molar-refractivity contribution in [1.29, 1.82) is 0 Å². The van der Waals surface area contributed by atoms with E-state index < -0.39 is 0 Å². The summed E-state index contributed by atoms with van der Waals surface area (Å²) < 4.78 is 5.79. The Morgan fingerprint density at radius 1 is 1.15 bits per heavy atom. The minimum atomic E-state index is 0.666. The monoisotopic (exact) mass is 265 g/mol. The van der Waals surface area contributed by atoms with Crippen LogP contribution in [0, 0.1) is 0 Å². The zero-order chi connectivity index (χ0) is 13.5. The van der Waals surface area contributed by atoms with Crippen LogP contribution in [0.4, 0.5) is 11.4 Å². The first-order valence-electron chi connectivity index (χ1n) is 6.78. The molecule has 20 heavy (non-hydrogen) atoms. The van der Waals surface area contributed by atoms with E-state index in [0.717, 1.165) is 30.0 Å². The molecule has 0 bridgehead atoms. The van der Waals surface area contributed by atoms with Gasteiger partial charge in [-0.05, 0) is 30.2 Å². The first-order chi connectivity index (χ1) is 9.81. The van der Waals surface area contributed by atoms with Gasteiger partial charge in [0.15, 0.2) is 5.58 Å². The van der Waals surface area contributed by atoms with Gasteiger partial charge in [-0.2, -0.15) is 0 Å². The maximum atomic E-state index is 5.92. The Morgan fingerprint density at radius 2 is 2.05 bits per heavy atom. The van der Waals surface area contributed by atoms with Crippen LogP contribution in [-0.4, -0.2) is 11.5 Å². The lowest BCUT2D eigenvalue weighted by molar-refractivity contribution is 0.523. The number of hydrogen-bond acceptors (Lipinski definition) is 4. The number of oxazole rings is 1. The van der Waals surface area contributed by atoms with E-state index in [9.17, 15) is 0 Å². The van der Waals surface area contributed by atoms with Crippen molar-refractivity contribution in [2.45, 2.75) is 13.0 Å². The summed E-state index contributed by atoms with van der Waals surface area (Å²) in [5, 5.41) is 0. The highest BCUT2D eigenvalue weighted by Gasteiger charge is 2.20. The van der Waals surface area contributed by atoms with Crippen LogP contribution in [0.5, 0.6) is 0 Å². The Balaban J connectivity index is 1.67. The van der Waals surface area contributed by atoms with E-state index in [4.69, 9.17) is 10.2 Å². The topological polar surface area (TPSA) is 55.3 Å². The summed E-state index contributed by atoms with van der Waals surface area (Å²) in [4.78, 5) is 6.82. The van der Waals surface area contributed by atoms with E-state index in [1.54, 1.807) is 0 Å². The third-order valence-corrected chi connectivity index (χ3v) is 3.80. The smallest absolute Gasteiger partial charge is 0.215 e. The minimum Gasteiger partial charge on any atom is -0.439 e. The van der Waals surface area contributed by atoms with Crippen LogP contribution in [0.3, 0.4) is 0 Å². The van der Waals surface area contributed by atoms with E-state index in [1.165, 1.54) is 11.3 Å². The molecule has 0 spiro atoms. The summed E-state index contributed by atoms with van der Waals surface area (Å²) in [6.45, 7) is 1.69. The second-order valence-electron chi connectivity index (χ2n) is 5.10. The number of aromatic nitrogens is 1. The molecular weight excluding hydrogens is 250 g/mol. The molecule has 0 amide bonds. The molecule has 4 heteroatoms. The van der Waals surface area contributed by atoms with Crippen LogP contribution in [0.1, 0.15) is 11.5 Å². The molecule has 0 saturated heterocycles. The molecule has 4 rings (SSSR count). The van der Waals surface area contributed by atoms with Crippen molar-refractivity contribution in [2.75, 3.05) is 17.2 Å². The van der Waals surface area contributed by atoms with Crippen LogP contribution in [-0.2, 0) is 13.0 Å². The van der Waals surface area contributed by atoms with Gasteiger partial charge in [0.25, 0.3) is 0 Å². The fraction of sp³-hybridized carbons (Fsp3) is 0.188. The number of rotatable bonds is 2. The SMILES string of the molecule is Nc1cccc2oc(CN3CCc4ccccc43)nc12. The minimum absolute atomic E-state index is 0.666. The average molecular weight is 265 g/mol. The van der Waals surface area contributed by atoms with Crippen molar-refractivity contribution in [3.8, 4) is 0 Å². The Kier molecular flexibility index (Phi) is 2.42. The van der Waals surface area contributed by atoms with Gasteiger partial charge in [-0.3, -0.25) is 0 Å². The summed E-state index contributed by atoms with van der Waals surface area (Å²) in [6.07, 6.45) is 1.08. The van der Waals surface area contributed by atoms with Gasteiger partial charge in [0.1, 0.15) is 5.52 Å². The number of anilines is 2.